The van der Waals surface area contributed by atoms with Gasteiger partial charge in [0, 0.05) is 5.56 Å². The summed E-state index contributed by atoms with van der Waals surface area (Å²) in [6.45, 7) is 0. The molecule has 4 heteroatoms. The van der Waals surface area contributed by atoms with Crippen LogP contribution in [-0.2, 0) is 0 Å². The summed E-state index contributed by atoms with van der Waals surface area (Å²) in [6.07, 6.45) is 0. The lowest BCUT2D eigenvalue weighted by Crippen LogP contribution is -2.12. The van der Waals surface area contributed by atoms with Crippen LogP contribution in [0.2, 0.25) is 0 Å². The van der Waals surface area contributed by atoms with E-state index in [1.54, 1.807) is 12.1 Å². The van der Waals surface area contributed by atoms with Gasteiger partial charge in [0.15, 0.2) is 5.16 Å². The van der Waals surface area contributed by atoms with Crippen molar-refractivity contribution in [1.82, 2.24) is 9.55 Å². The molecule has 0 spiro atoms. The minimum absolute atomic E-state index is 0.116. The molecule has 2 aromatic carbocycles. The number of para-hydroxylation sites is 2. The zero-order valence-electron chi connectivity index (χ0n) is 9.45. The summed E-state index contributed by atoms with van der Waals surface area (Å²) < 4.78 is 1.52. The van der Waals surface area contributed by atoms with Gasteiger partial charge in [0.1, 0.15) is 0 Å². The Morgan fingerprint density at radius 3 is 2.44 bits per heavy atom. The lowest BCUT2D eigenvalue weighted by molar-refractivity contribution is 0.0955. The van der Waals surface area contributed by atoms with Crippen LogP contribution in [0.3, 0.4) is 0 Å². The number of carbonyl (C=O) groups is 1. The van der Waals surface area contributed by atoms with Crippen molar-refractivity contribution in [3.8, 4) is 0 Å². The zero-order chi connectivity index (χ0) is 12.5. The van der Waals surface area contributed by atoms with E-state index in [0.29, 0.717) is 10.7 Å². The quantitative estimate of drug-likeness (QED) is 0.677. The summed E-state index contributed by atoms with van der Waals surface area (Å²) in [5, 5.41) is 0.407. The maximum absolute atomic E-state index is 12.4. The second-order valence-corrected chi connectivity index (χ2v) is 4.31. The van der Waals surface area contributed by atoms with Crippen molar-refractivity contribution in [1.29, 1.82) is 0 Å². The van der Waals surface area contributed by atoms with Crippen LogP contribution in [0, 0.1) is 0 Å². The lowest BCUT2D eigenvalue weighted by atomic mass is 10.2. The van der Waals surface area contributed by atoms with E-state index in [-0.39, 0.29) is 5.91 Å². The third kappa shape index (κ3) is 1.71. The van der Waals surface area contributed by atoms with Crippen LogP contribution in [0.4, 0.5) is 0 Å². The molecule has 3 rings (SSSR count). The third-order valence-electron chi connectivity index (χ3n) is 2.77. The number of hydrogen-bond donors (Lipinski definition) is 1. The molecule has 0 unspecified atom stereocenters. The Bertz CT molecular complexity index is 719. The number of benzene rings is 2. The second-order valence-electron chi connectivity index (χ2n) is 3.91. The third-order valence-corrected chi connectivity index (χ3v) is 3.07. The van der Waals surface area contributed by atoms with Crippen molar-refractivity contribution in [2.24, 2.45) is 0 Å². The van der Waals surface area contributed by atoms with Gasteiger partial charge < -0.3 is 0 Å². The molecule has 1 heterocycles. The maximum atomic E-state index is 12.4. The van der Waals surface area contributed by atoms with Crippen molar-refractivity contribution in [2.75, 3.05) is 0 Å². The minimum Gasteiger partial charge on any atom is -0.268 e. The van der Waals surface area contributed by atoms with Crippen molar-refractivity contribution in [3.05, 3.63) is 60.2 Å². The molecule has 0 saturated heterocycles. The first-order valence-electron chi connectivity index (χ1n) is 5.53. The van der Waals surface area contributed by atoms with Gasteiger partial charge in [-0.15, -0.1) is 12.6 Å². The average molecular weight is 254 g/mol. The Hall–Kier alpha value is -2.07. The molecule has 0 atom stereocenters. The van der Waals surface area contributed by atoms with Crippen LogP contribution in [0.15, 0.2) is 59.8 Å². The summed E-state index contributed by atoms with van der Waals surface area (Å²) in [5.74, 6) is -0.116. The van der Waals surface area contributed by atoms with Crippen LogP contribution < -0.4 is 0 Å². The predicted octanol–water partition coefficient (Wildman–Crippen LogP) is 3.01. The molecular formula is C14H10N2OS. The Morgan fingerprint density at radius 2 is 1.67 bits per heavy atom. The lowest BCUT2D eigenvalue weighted by Gasteiger charge is -2.04. The fourth-order valence-electron chi connectivity index (χ4n) is 1.92. The molecule has 3 nitrogen and oxygen atoms in total. The van der Waals surface area contributed by atoms with Gasteiger partial charge in [-0.1, -0.05) is 30.3 Å². The summed E-state index contributed by atoms with van der Waals surface area (Å²) in [4.78, 5) is 16.7. The Morgan fingerprint density at radius 1 is 1.00 bits per heavy atom. The van der Waals surface area contributed by atoms with Crippen LogP contribution in [0.25, 0.3) is 11.0 Å². The molecular weight excluding hydrogens is 244 g/mol. The van der Waals surface area contributed by atoms with Gasteiger partial charge in [-0.2, -0.15) is 0 Å². The number of thiol groups is 1. The molecule has 0 aliphatic carbocycles. The summed E-state index contributed by atoms with van der Waals surface area (Å²) in [6, 6.07) is 16.6. The number of hydrogen-bond acceptors (Lipinski definition) is 3. The van der Waals surface area contributed by atoms with E-state index in [0.717, 1.165) is 11.0 Å². The van der Waals surface area contributed by atoms with Crippen molar-refractivity contribution in [2.45, 2.75) is 5.16 Å². The first-order valence-corrected chi connectivity index (χ1v) is 5.98. The number of carbonyl (C=O) groups excluding carboxylic acids is 1. The SMILES string of the molecule is O=C(c1ccccc1)n1c(S)nc2ccccc21. The largest absolute Gasteiger partial charge is 0.268 e. The Balaban J connectivity index is 2.21. The fourth-order valence-corrected chi connectivity index (χ4v) is 2.23. The predicted molar refractivity (Wildman–Crippen MR) is 73.2 cm³/mol. The van der Waals surface area contributed by atoms with Gasteiger partial charge in [-0.3, -0.25) is 9.36 Å². The highest BCUT2D eigenvalue weighted by Gasteiger charge is 2.15. The molecule has 0 amide bonds. The molecule has 0 fully saturated rings. The average Bonchev–Trinajstić information content (AvgIpc) is 2.75. The van der Waals surface area contributed by atoms with E-state index in [1.165, 1.54) is 4.57 Å². The number of fused-ring (bicyclic) bond motifs is 1. The number of aromatic nitrogens is 2. The Labute approximate surface area is 109 Å². The normalized spacial score (nSPS) is 10.7. The molecule has 18 heavy (non-hydrogen) atoms. The maximum Gasteiger partial charge on any atom is 0.264 e. The fraction of sp³-hybridized carbons (Fsp3) is 0. The van der Waals surface area contributed by atoms with Gasteiger partial charge in [0.25, 0.3) is 5.91 Å². The molecule has 0 aliphatic rings. The van der Waals surface area contributed by atoms with Crippen molar-refractivity contribution in [3.63, 3.8) is 0 Å². The van der Waals surface area contributed by atoms with E-state index in [4.69, 9.17) is 0 Å². The van der Waals surface area contributed by atoms with E-state index >= 15 is 0 Å². The zero-order valence-corrected chi connectivity index (χ0v) is 10.3. The molecule has 88 valence electrons. The van der Waals surface area contributed by atoms with Crippen molar-refractivity contribution < 1.29 is 4.79 Å². The highest BCUT2D eigenvalue weighted by atomic mass is 32.1. The second kappa shape index (κ2) is 4.31. The van der Waals surface area contributed by atoms with Crippen LogP contribution in [0.1, 0.15) is 10.4 Å². The number of rotatable bonds is 1. The van der Waals surface area contributed by atoms with Gasteiger partial charge in [0.2, 0.25) is 0 Å². The first kappa shape index (κ1) is 11.0. The van der Waals surface area contributed by atoms with E-state index in [1.807, 2.05) is 42.5 Å². The molecule has 3 aromatic rings. The standard InChI is InChI=1S/C14H10N2OS/c17-13(10-6-2-1-3-7-10)16-12-9-5-4-8-11(12)15-14(16)18/h1-9H,(H,15,18). The van der Waals surface area contributed by atoms with Crippen molar-refractivity contribution >= 4 is 29.6 Å². The van der Waals surface area contributed by atoms with E-state index in [2.05, 4.69) is 17.6 Å². The topological polar surface area (TPSA) is 34.9 Å². The highest BCUT2D eigenvalue weighted by Crippen LogP contribution is 2.19. The Kier molecular flexibility index (Phi) is 2.64. The molecule has 0 bridgehead atoms. The van der Waals surface area contributed by atoms with Gasteiger partial charge in [-0.25, -0.2) is 4.98 Å². The van der Waals surface area contributed by atoms with Gasteiger partial charge >= 0.3 is 0 Å². The van der Waals surface area contributed by atoms with E-state index in [9.17, 15) is 4.79 Å². The highest BCUT2D eigenvalue weighted by molar-refractivity contribution is 7.80. The summed E-state index contributed by atoms with van der Waals surface area (Å²) in [5.41, 5.74) is 2.17. The number of imidazole rings is 1. The molecule has 0 radical (unpaired) electrons. The monoisotopic (exact) mass is 254 g/mol. The smallest absolute Gasteiger partial charge is 0.264 e. The minimum atomic E-state index is -0.116. The number of nitrogens with zero attached hydrogens (tertiary/aromatic N) is 2. The molecule has 0 aliphatic heterocycles. The summed E-state index contributed by atoms with van der Waals surface area (Å²) in [7, 11) is 0. The first-order chi connectivity index (χ1) is 8.77. The van der Waals surface area contributed by atoms with Crippen LogP contribution in [0.5, 0.6) is 0 Å². The van der Waals surface area contributed by atoms with E-state index < -0.39 is 0 Å². The van der Waals surface area contributed by atoms with Crippen LogP contribution >= 0.6 is 12.6 Å². The molecule has 0 saturated carbocycles. The molecule has 0 N–H and O–H groups in total. The van der Waals surface area contributed by atoms with Gasteiger partial charge in [0.05, 0.1) is 11.0 Å². The molecule has 1 aromatic heterocycles. The van der Waals surface area contributed by atoms with Gasteiger partial charge in [-0.05, 0) is 24.3 Å². The summed E-state index contributed by atoms with van der Waals surface area (Å²) >= 11 is 4.28. The van der Waals surface area contributed by atoms with Crippen LogP contribution in [-0.4, -0.2) is 15.5 Å².